The molecule has 0 saturated heterocycles. The first kappa shape index (κ1) is 36.8. The standard InChI is InChI=1S/2C2H8N2.2CN.Au.Pt/c2*3-1-2-4;2*1-2;;/h2*1-4H2;;;;/q;;2*-1;+1;+2. The predicted molar refractivity (Wildman–Crippen MR) is 46.2 cm³/mol. The van der Waals surface area contributed by atoms with Gasteiger partial charge in [-0.3, -0.25) is 0 Å². The van der Waals surface area contributed by atoms with Crippen LogP contribution in [-0.2, 0) is 43.4 Å². The van der Waals surface area contributed by atoms with Gasteiger partial charge in [-0.2, -0.15) is 0 Å². The molecule has 90 valence electrons. The van der Waals surface area contributed by atoms with E-state index in [1.54, 1.807) is 0 Å². The van der Waals surface area contributed by atoms with Gasteiger partial charge in [0.15, 0.2) is 0 Å². The molecule has 14 heavy (non-hydrogen) atoms. The van der Waals surface area contributed by atoms with Crippen LogP contribution in [-0.4, -0.2) is 26.2 Å². The van der Waals surface area contributed by atoms with Crippen LogP contribution in [0.4, 0.5) is 0 Å². The van der Waals surface area contributed by atoms with Gasteiger partial charge in [-0.25, -0.2) is 0 Å². The Morgan fingerprint density at radius 2 is 0.714 bits per heavy atom. The van der Waals surface area contributed by atoms with Crippen molar-refractivity contribution in [1.82, 2.24) is 0 Å². The topological polar surface area (TPSA) is 152 Å². The van der Waals surface area contributed by atoms with Crippen molar-refractivity contribution in [2.24, 2.45) is 22.9 Å². The van der Waals surface area contributed by atoms with Crippen LogP contribution in [0.25, 0.3) is 0 Å². The van der Waals surface area contributed by atoms with Gasteiger partial charge in [0.1, 0.15) is 0 Å². The van der Waals surface area contributed by atoms with Crippen LogP contribution in [0.1, 0.15) is 0 Å². The van der Waals surface area contributed by atoms with E-state index in [1.165, 1.54) is 0 Å². The Morgan fingerprint density at radius 3 is 0.714 bits per heavy atom. The van der Waals surface area contributed by atoms with E-state index in [0.717, 1.165) is 0 Å². The molecule has 0 aromatic carbocycles. The monoisotopic (exact) mass is 564 g/mol. The Labute approximate surface area is 116 Å². The molecule has 0 aromatic rings. The Morgan fingerprint density at radius 1 is 0.643 bits per heavy atom. The molecule has 0 atom stereocenters. The first-order valence-corrected chi connectivity index (χ1v) is 3.08. The van der Waals surface area contributed by atoms with E-state index in [-0.39, 0.29) is 43.4 Å². The fraction of sp³-hybridized carbons (Fsp3) is 0.667. The number of rotatable bonds is 2. The third kappa shape index (κ3) is 307. The molecule has 0 aromatic heterocycles. The van der Waals surface area contributed by atoms with Crippen LogP contribution in [0.2, 0.25) is 0 Å². The zero-order valence-corrected chi connectivity index (χ0v) is 12.1. The molecule has 0 unspecified atom stereocenters. The molecule has 0 bridgehead atoms. The molecule has 0 aliphatic rings. The molecule has 0 amide bonds. The molecule has 0 aliphatic heterocycles. The summed E-state index contributed by atoms with van der Waals surface area (Å²) in [6.07, 6.45) is 0. The number of nitrogens with two attached hydrogens (primary N) is 4. The van der Waals surface area contributed by atoms with Gasteiger partial charge in [-0.05, 0) is 0 Å². The Hall–Kier alpha value is 0.249. The van der Waals surface area contributed by atoms with Gasteiger partial charge in [-0.15, -0.1) is 0 Å². The summed E-state index contributed by atoms with van der Waals surface area (Å²) in [5.41, 5.74) is 19.6. The maximum Gasteiger partial charge on any atom is 2.00 e. The molecule has 6 nitrogen and oxygen atoms in total. The summed E-state index contributed by atoms with van der Waals surface area (Å²) < 4.78 is 0. The summed E-state index contributed by atoms with van der Waals surface area (Å²) in [6, 6.07) is 0. The SMILES string of the molecule is NCCN.NCCN.[Au+].[C-]#N.[C-]#N.[Pt+2]. The molecule has 8 heteroatoms. The van der Waals surface area contributed by atoms with Gasteiger partial charge in [0.25, 0.3) is 0 Å². The number of hydrogen-bond acceptors (Lipinski definition) is 6. The average molecular weight is 564 g/mol. The molecular formula is C6H16AuN6Pt+. The fourth-order valence-corrected chi connectivity index (χ4v) is 0. The minimum atomic E-state index is 0. The predicted octanol–water partition coefficient (Wildman–Crippen LogP) is -2.00. The summed E-state index contributed by atoms with van der Waals surface area (Å²) in [5, 5.41) is 12.5. The zero-order chi connectivity index (χ0) is 10.8. The van der Waals surface area contributed by atoms with Crippen molar-refractivity contribution < 1.29 is 43.4 Å². The van der Waals surface area contributed by atoms with E-state index in [2.05, 4.69) is 0 Å². The average Bonchev–Trinajstić information content (AvgIpc) is 2.23. The van der Waals surface area contributed by atoms with Crippen molar-refractivity contribution in [3.05, 3.63) is 13.1 Å². The molecular weight excluding hydrogens is 548 g/mol. The third-order valence-corrected chi connectivity index (χ3v) is 0.333. The maximum absolute atomic E-state index is 6.25. The molecule has 0 spiro atoms. The molecule has 0 fully saturated rings. The second-order valence-corrected chi connectivity index (χ2v) is 1.15. The van der Waals surface area contributed by atoms with Gasteiger partial charge < -0.3 is 46.6 Å². The van der Waals surface area contributed by atoms with Gasteiger partial charge in [0.2, 0.25) is 0 Å². The van der Waals surface area contributed by atoms with Crippen molar-refractivity contribution in [2.45, 2.75) is 0 Å². The second-order valence-electron chi connectivity index (χ2n) is 1.15. The van der Waals surface area contributed by atoms with Crippen molar-refractivity contribution in [1.29, 1.82) is 10.5 Å². The Kier molecular flexibility index (Phi) is 289. The molecule has 0 radical (unpaired) electrons. The number of hydrogen-bond donors (Lipinski definition) is 4. The molecule has 0 saturated carbocycles. The summed E-state index contributed by atoms with van der Waals surface area (Å²) in [5.74, 6) is 0. The molecule has 0 heterocycles. The largest absolute Gasteiger partial charge is 2.00 e. The Balaban J connectivity index is -0.0000000153. The summed E-state index contributed by atoms with van der Waals surface area (Å²) in [6.45, 7) is 11.9. The molecule has 0 aliphatic carbocycles. The minimum Gasteiger partial charge on any atom is -0.512 e. The van der Waals surface area contributed by atoms with Gasteiger partial charge in [-0.1, -0.05) is 0 Å². The van der Waals surface area contributed by atoms with Crippen molar-refractivity contribution in [2.75, 3.05) is 26.2 Å². The summed E-state index contributed by atoms with van der Waals surface area (Å²) in [7, 11) is 0. The van der Waals surface area contributed by atoms with Crippen molar-refractivity contribution in [3.8, 4) is 0 Å². The van der Waals surface area contributed by atoms with Crippen LogP contribution in [0.15, 0.2) is 0 Å². The first-order chi connectivity index (χ1) is 5.83. The van der Waals surface area contributed by atoms with E-state index >= 15 is 0 Å². The van der Waals surface area contributed by atoms with Crippen LogP contribution < -0.4 is 22.9 Å². The summed E-state index contributed by atoms with van der Waals surface area (Å²) >= 11 is 0. The van der Waals surface area contributed by atoms with Crippen LogP contribution in [0, 0.1) is 23.7 Å². The van der Waals surface area contributed by atoms with E-state index in [4.69, 9.17) is 46.6 Å². The van der Waals surface area contributed by atoms with Crippen molar-refractivity contribution >= 4 is 0 Å². The van der Waals surface area contributed by atoms with Crippen LogP contribution >= 0.6 is 0 Å². The van der Waals surface area contributed by atoms with Gasteiger partial charge >= 0.3 is 43.4 Å². The van der Waals surface area contributed by atoms with E-state index in [1.807, 2.05) is 0 Å². The van der Waals surface area contributed by atoms with Gasteiger partial charge in [0.05, 0.1) is 0 Å². The third-order valence-electron chi connectivity index (χ3n) is 0.333. The second kappa shape index (κ2) is 110. The van der Waals surface area contributed by atoms with E-state index in [9.17, 15) is 0 Å². The van der Waals surface area contributed by atoms with Crippen LogP contribution in [0.5, 0.6) is 0 Å². The number of nitrogens with zero attached hydrogens (tertiary/aromatic N) is 2. The quantitative estimate of drug-likeness (QED) is 0.225. The smallest absolute Gasteiger partial charge is 0.512 e. The fourth-order valence-electron chi connectivity index (χ4n) is 0. The van der Waals surface area contributed by atoms with E-state index in [0.29, 0.717) is 26.2 Å². The van der Waals surface area contributed by atoms with Crippen molar-refractivity contribution in [3.63, 3.8) is 0 Å². The van der Waals surface area contributed by atoms with Gasteiger partial charge in [0, 0.05) is 26.2 Å². The summed E-state index contributed by atoms with van der Waals surface area (Å²) in [4.78, 5) is 0. The van der Waals surface area contributed by atoms with E-state index < -0.39 is 0 Å². The Bertz CT molecular complexity index is 65.2. The molecule has 0 rings (SSSR count). The van der Waals surface area contributed by atoms with Crippen LogP contribution in [0.3, 0.4) is 0 Å². The maximum atomic E-state index is 6.25. The first-order valence-electron chi connectivity index (χ1n) is 3.08. The molecule has 8 N–H and O–H groups in total. The normalized spacial score (nSPS) is 4.57. The minimum absolute atomic E-state index is 0. The zero-order valence-electron chi connectivity index (χ0n) is 7.65.